The van der Waals surface area contributed by atoms with E-state index in [1.165, 1.54) is 11.3 Å². The van der Waals surface area contributed by atoms with Gasteiger partial charge < -0.3 is 0 Å². The van der Waals surface area contributed by atoms with Crippen LogP contribution in [0.2, 0.25) is 0 Å². The summed E-state index contributed by atoms with van der Waals surface area (Å²) in [5, 5.41) is 6.06. The van der Waals surface area contributed by atoms with E-state index in [-0.39, 0.29) is 5.78 Å². The number of thiophene rings is 1. The molecule has 3 aromatic rings. The van der Waals surface area contributed by atoms with Crippen LogP contribution >= 0.6 is 11.3 Å². The molecule has 0 spiro atoms. The molecule has 5 heteroatoms. The molecule has 3 rings (SSSR count). The fraction of sp³-hybridized carbons (Fsp3) is 0.0833. The van der Waals surface area contributed by atoms with Crippen molar-refractivity contribution in [3.8, 4) is 0 Å². The second-order valence-corrected chi connectivity index (χ2v) is 4.64. The second-order valence-electron chi connectivity index (χ2n) is 3.73. The highest BCUT2D eigenvalue weighted by Gasteiger charge is 2.17. The second kappa shape index (κ2) is 3.78. The third-order valence-corrected chi connectivity index (χ3v) is 3.65. The van der Waals surface area contributed by atoms with Gasteiger partial charge >= 0.3 is 0 Å². The van der Waals surface area contributed by atoms with E-state index in [4.69, 9.17) is 0 Å². The number of rotatable bonds is 2. The zero-order valence-corrected chi connectivity index (χ0v) is 9.94. The van der Waals surface area contributed by atoms with Crippen molar-refractivity contribution in [3.05, 3.63) is 52.2 Å². The normalized spacial score (nSPS) is 10.9. The minimum Gasteiger partial charge on any atom is -0.288 e. The molecule has 0 N–H and O–H groups in total. The molecule has 0 aliphatic heterocycles. The van der Waals surface area contributed by atoms with E-state index in [1.807, 2.05) is 18.4 Å². The maximum absolute atomic E-state index is 12.3. The van der Waals surface area contributed by atoms with E-state index in [2.05, 4.69) is 10.1 Å². The maximum atomic E-state index is 12.3. The molecule has 0 saturated heterocycles. The summed E-state index contributed by atoms with van der Waals surface area (Å²) in [5.74, 6) is 0.0144. The standard InChI is InChI=1S/C12H9N3OS/c1-8-2-5-17-12(8)11(16)9-6-14-15-4-3-13-7-10(9)15/h2-7H,1H3. The largest absolute Gasteiger partial charge is 0.288 e. The van der Waals surface area contributed by atoms with Crippen molar-refractivity contribution in [2.75, 3.05) is 0 Å². The van der Waals surface area contributed by atoms with Crippen LogP contribution in [0.5, 0.6) is 0 Å². The topological polar surface area (TPSA) is 47.3 Å². The Hall–Kier alpha value is -2.01. The van der Waals surface area contributed by atoms with Gasteiger partial charge in [-0.05, 0) is 23.9 Å². The summed E-state index contributed by atoms with van der Waals surface area (Å²) < 4.78 is 1.66. The first-order chi connectivity index (χ1) is 8.27. The molecule has 0 aliphatic carbocycles. The number of hydrogen-bond acceptors (Lipinski definition) is 4. The lowest BCUT2D eigenvalue weighted by atomic mass is 10.1. The van der Waals surface area contributed by atoms with Crippen molar-refractivity contribution in [2.24, 2.45) is 0 Å². The molecule has 0 bridgehead atoms. The van der Waals surface area contributed by atoms with Gasteiger partial charge in [0.05, 0.1) is 28.4 Å². The Morgan fingerprint density at radius 2 is 2.29 bits per heavy atom. The average molecular weight is 243 g/mol. The first kappa shape index (κ1) is 10.2. The Bertz CT molecular complexity index is 698. The average Bonchev–Trinajstić information content (AvgIpc) is 2.94. The summed E-state index contributed by atoms with van der Waals surface area (Å²) >= 11 is 1.46. The predicted molar refractivity (Wildman–Crippen MR) is 65.5 cm³/mol. The zero-order valence-electron chi connectivity index (χ0n) is 9.12. The number of aromatic nitrogens is 3. The van der Waals surface area contributed by atoms with Crippen LogP contribution in [-0.4, -0.2) is 20.4 Å². The number of carbonyl (C=O) groups is 1. The van der Waals surface area contributed by atoms with Crippen molar-refractivity contribution in [1.29, 1.82) is 0 Å². The Morgan fingerprint density at radius 1 is 1.41 bits per heavy atom. The van der Waals surface area contributed by atoms with Crippen LogP contribution in [0, 0.1) is 6.92 Å². The Kier molecular flexibility index (Phi) is 2.26. The first-order valence-corrected chi connectivity index (χ1v) is 6.01. The summed E-state index contributed by atoms with van der Waals surface area (Å²) in [4.78, 5) is 17.1. The van der Waals surface area contributed by atoms with Gasteiger partial charge in [0.1, 0.15) is 0 Å². The van der Waals surface area contributed by atoms with Gasteiger partial charge in [-0.1, -0.05) is 0 Å². The number of hydrogen-bond donors (Lipinski definition) is 0. The highest BCUT2D eigenvalue weighted by molar-refractivity contribution is 7.12. The molecule has 3 heterocycles. The van der Waals surface area contributed by atoms with Gasteiger partial charge in [0.2, 0.25) is 5.78 Å². The van der Waals surface area contributed by atoms with Crippen LogP contribution in [0.1, 0.15) is 20.8 Å². The van der Waals surface area contributed by atoms with Gasteiger partial charge in [-0.2, -0.15) is 5.10 Å². The van der Waals surface area contributed by atoms with Gasteiger partial charge in [0, 0.05) is 12.4 Å². The van der Waals surface area contributed by atoms with Crippen molar-refractivity contribution in [1.82, 2.24) is 14.6 Å². The highest BCUT2D eigenvalue weighted by atomic mass is 32.1. The molecular formula is C12H9N3OS. The molecule has 84 valence electrons. The van der Waals surface area contributed by atoms with Crippen molar-refractivity contribution in [3.63, 3.8) is 0 Å². The van der Waals surface area contributed by atoms with Crippen molar-refractivity contribution < 1.29 is 4.79 Å². The van der Waals surface area contributed by atoms with Crippen LogP contribution in [0.15, 0.2) is 36.2 Å². The van der Waals surface area contributed by atoms with Gasteiger partial charge in [0.25, 0.3) is 0 Å². The number of nitrogens with zero attached hydrogens (tertiary/aromatic N) is 3. The summed E-state index contributed by atoms with van der Waals surface area (Å²) in [5.41, 5.74) is 2.34. The monoisotopic (exact) mass is 243 g/mol. The van der Waals surface area contributed by atoms with Crippen LogP contribution in [0.4, 0.5) is 0 Å². The zero-order chi connectivity index (χ0) is 11.8. The molecule has 0 saturated carbocycles. The Morgan fingerprint density at radius 3 is 3.06 bits per heavy atom. The molecule has 0 unspecified atom stereocenters. The SMILES string of the molecule is Cc1ccsc1C(=O)c1cnn2ccncc12. The maximum Gasteiger partial charge on any atom is 0.207 e. The molecule has 0 radical (unpaired) electrons. The lowest BCUT2D eigenvalue weighted by Crippen LogP contribution is -2.00. The summed E-state index contributed by atoms with van der Waals surface area (Å²) in [6, 6.07) is 1.95. The fourth-order valence-electron chi connectivity index (χ4n) is 1.74. The van der Waals surface area contributed by atoms with E-state index in [1.54, 1.807) is 29.3 Å². The molecule has 0 aromatic carbocycles. The summed E-state index contributed by atoms with van der Waals surface area (Å²) in [7, 11) is 0. The van der Waals surface area contributed by atoms with Gasteiger partial charge in [-0.3, -0.25) is 9.78 Å². The van der Waals surface area contributed by atoms with Crippen molar-refractivity contribution >= 4 is 22.6 Å². The summed E-state index contributed by atoms with van der Waals surface area (Å²) in [6.07, 6.45) is 6.62. The molecule has 0 aliphatic rings. The van der Waals surface area contributed by atoms with Crippen LogP contribution in [0.3, 0.4) is 0 Å². The number of aryl methyl sites for hydroxylation is 1. The minimum absolute atomic E-state index is 0.0144. The molecular weight excluding hydrogens is 234 g/mol. The number of fused-ring (bicyclic) bond motifs is 1. The number of carbonyl (C=O) groups excluding carboxylic acids is 1. The molecule has 4 nitrogen and oxygen atoms in total. The molecule has 17 heavy (non-hydrogen) atoms. The van der Waals surface area contributed by atoms with Crippen LogP contribution in [-0.2, 0) is 0 Å². The minimum atomic E-state index is 0.0144. The molecule has 3 aromatic heterocycles. The highest BCUT2D eigenvalue weighted by Crippen LogP contribution is 2.21. The predicted octanol–water partition coefficient (Wildman–Crippen LogP) is 2.33. The third-order valence-electron chi connectivity index (χ3n) is 2.64. The lowest BCUT2D eigenvalue weighted by molar-refractivity contribution is 0.104. The van der Waals surface area contributed by atoms with Gasteiger partial charge in [-0.15, -0.1) is 11.3 Å². The van der Waals surface area contributed by atoms with E-state index < -0.39 is 0 Å². The van der Waals surface area contributed by atoms with E-state index in [0.29, 0.717) is 5.56 Å². The van der Waals surface area contributed by atoms with Crippen LogP contribution in [0.25, 0.3) is 5.52 Å². The quantitative estimate of drug-likeness (QED) is 0.649. The Balaban J connectivity index is 2.17. The third kappa shape index (κ3) is 1.55. The molecule has 0 fully saturated rings. The molecule has 0 atom stereocenters. The van der Waals surface area contributed by atoms with E-state index >= 15 is 0 Å². The van der Waals surface area contributed by atoms with Gasteiger partial charge in [-0.25, -0.2) is 4.52 Å². The lowest BCUT2D eigenvalue weighted by Gasteiger charge is -1.97. The smallest absolute Gasteiger partial charge is 0.207 e. The summed E-state index contributed by atoms with van der Waals surface area (Å²) in [6.45, 7) is 1.94. The van der Waals surface area contributed by atoms with Crippen LogP contribution < -0.4 is 0 Å². The first-order valence-electron chi connectivity index (χ1n) is 5.13. The fourth-order valence-corrected chi connectivity index (χ4v) is 2.62. The Labute approximate surface area is 102 Å². The van der Waals surface area contributed by atoms with E-state index in [9.17, 15) is 4.79 Å². The van der Waals surface area contributed by atoms with E-state index in [0.717, 1.165) is 16.0 Å². The number of ketones is 1. The van der Waals surface area contributed by atoms with Gasteiger partial charge in [0.15, 0.2) is 0 Å². The van der Waals surface area contributed by atoms with Crippen molar-refractivity contribution in [2.45, 2.75) is 6.92 Å². The molecule has 0 amide bonds.